The number of rotatable bonds is 6. The summed E-state index contributed by atoms with van der Waals surface area (Å²) in [4.78, 5) is 29.2. The van der Waals surface area contributed by atoms with Crippen molar-refractivity contribution >= 4 is 34.0 Å². The van der Waals surface area contributed by atoms with Crippen LogP contribution < -0.4 is 10.1 Å². The van der Waals surface area contributed by atoms with Gasteiger partial charge in [0, 0.05) is 62.3 Å². The van der Waals surface area contributed by atoms with E-state index in [-0.39, 0.29) is 34.4 Å². The van der Waals surface area contributed by atoms with E-state index in [2.05, 4.69) is 25.2 Å². The number of carbonyl (C=O) groups is 1. The van der Waals surface area contributed by atoms with Crippen molar-refractivity contribution in [2.75, 3.05) is 38.5 Å². The summed E-state index contributed by atoms with van der Waals surface area (Å²) in [5.41, 5.74) is -0.331. The highest BCUT2D eigenvalue weighted by Gasteiger charge is 2.34. The van der Waals surface area contributed by atoms with Crippen molar-refractivity contribution in [3.63, 3.8) is 0 Å². The minimum Gasteiger partial charge on any atom is -0.439 e. The van der Waals surface area contributed by atoms with Crippen molar-refractivity contribution in [3.05, 3.63) is 83.0 Å². The molecule has 1 fully saturated rings. The van der Waals surface area contributed by atoms with E-state index in [1.54, 1.807) is 24.4 Å². The van der Waals surface area contributed by atoms with Crippen molar-refractivity contribution in [2.24, 2.45) is 0 Å². The molecule has 0 unspecified atom stereocenters. The minimum absolute atomic E-state index is 0.0482. The Morgan fingerprint density at radius 1 is 1.05 bits per heavy atom. The van der Waals surface area contributed by atoms with Crippen LogP contribution in [-0.2, 0) is 12.7 Å². The number of fused-ring (bicyclic) bond motifs is 1. The van der Waals surface area contributed by atoms with Gasteiger partial charge in [-0.05, 0) is 48.3 Å². The molecule has 1 aliphatic rings. The van der Waals surface area contributed by atoms with Gasteiger partial charge in [0.05, 0.1) is 11.1 Å². The van der Waals surface area contributed by atoms with Gasteiger partial charge in [-0.3, -0.25) is 14.7 Å². The van der Waals surface area contributed by atoms with E-state index in [0.29, 0.717) is 29.6 Å². The van der Waals surface area contributed by atoms with Crippen LogP contribution in [0.1, 0.15) is 21.5 Å². The number of alkyl halides is 3. The Morgan fingerprint density at radius 2 is 1.85 bits per heavy atom. The van der Waals surface area contributed by atoms with Crippen LogP contribution in [0.5, 0.6) is 11.6 Å². The first-order valence-electron chi connectivity index (χ1n) is 12.1. The van der Waals surface area contributed by atoms with Crippen LogP contribution in [0.2, 0.25) is 5.15 Å². The molecule has 5 rings (SSSR count). The van der Waals surface area contributed by atoms with Crippen LogP contribution in [0.3, 0.4) is 0 Å². The Hall–Kier alpha value is -3.80. The summed E-state index contributed by atoms with van der Waals surface area (Å²) in [7, 11) is 1.99. The summed E-state index contributed by atoms with van der Waals surface area (Å²) in [6.07, 6.45) is -0.366. The molecule has 0 spiro atoms. The third kappa shape index (κ3) is 6.44. The Balaban J connectivity index is 1.36. The lowest BCUT2D eigenvalue weighted by atomic mass is 10.0. The topological polar surface area (TPSA) is 83.5 Å². The lowest BCUT2D eigenvalue weighted by Gasteiger charge is -2.33. The first-order valence-corrected chi connectivity index (χ1v) is 12.5. The number of nitrogens with one attached hydrogen (secondary N) is 1. The van der Waals surface area contributed by atoms with E-state index in [1.165, 1.54) is 30.7 Å². The van der Waals surface area contributed by atoms with Crippen molar-refractivity contribution in [1.82, 2.24) is 24.8 Å². The zero-order chi connectivity index (χ0) is 27.6. The summed E-state index contributed by atoms with van der Waals surface area (Å²) in [6, 6.07) is 10.4. The Morgan fingerprint density at radius 3 is 2.59 bits per heavy atom. The number of carbonyl (C=O) groups excluding carboxylic acids is 1. The molecule has 39 heavy (non-hydrogen) atoms. The summed E-state index contributed by atoms with van der Waals surface area (Å²) in [5, 5.41) is 3.97. The molecule has 202 valence electrons. The zero-order valence-corrected chi connectivity index (χ0v) is 21.6. The molecular formula is C27H24ClF3N6O2. The molecule has 1 N–H and O–H groups in total. The monoisotopic (exact) mass is 556 g/mol. The van der Waals surface area contributed by atoms with Gasteiger partial charge in [-0.2, -0.15) is 13.2 Å². The van der Waals surface area contributed by atoms with E-state index < -0.39 is 17.6 Å². The van der Waals surface area contributed by atoms with Gasteiger partial charge in [-0.15, -0.1) is 0 Å². The predicted octanol–water partition coefficient (Wildman–Crippen LogP) is 5.49. The summed E-state index contributed by atoms with van der Waals surface area (Å²) < 4.78 is 47.6. The third-order valence-corrected chi connectivity index (χ3v) is 6.68. The van der Waals surface area contributed by atoms with Gasteiger partial charge in [-0.1, -0.05) is 17.7 Å². The Labute approximate surface area is 227 Å². The largest absolute Gasteiger partial charge is 0.439 e. The molecule has 1 saturated heterocycles. The van der Waals surface area contributed by atoms with Crippen LogP contribution in [0, 0.1) is 0 Å². The lowest BCUT2D eigenvalue weighted by molar-refractivity contribution is -0.138. The van der Waals surface area contributed by atoms with Crippen LogP contribution >= 0.6 is 11.6 Å². The molecule has 1 amide bonds. The molecule has 1 aliphatic heterocycles. The molecule has 3 heterocycles. The van der Waals surface area contributed by atoms with Crippen molar-refractivity contribution in [3.8, 4) is 11.6 Å². The molecule has 0 bridgehead atoms. The first-order chi connectivity index (χ1) is 18.7. The number of aromatic nitrogens is 3. The number of pyridine rings is 1. The Bertz CT molecular complexity index is 1510. The molecule has 0 atom stereocenters. The molecule has 2 aromatic carbocycles. The SMILES string of the molecule is CN1CCN(Cc2ccc(NC(=O)c3cncc4cc(Oc5cc(Cl)ncn5)ccc34)cc2C(F)(F)F)CC1. The van der Waals surface area contributed by atoms with Gasteiger partial charge < -0.3 is 15.0 Å². The number of amides is 1. The molecule has 12 heteroatoms. The molecular weight excluding hydrogens is 533 g/mol. The summed E-state index contributed by atoms with van der Waals surface area (Å²) >= 11 is 5.87. The van der Waals surface area contributed by atoms with E-state index in [9.17, 15) is 18.0 Å². The fraction of sp³-hybridized carbons (Fsp3) is 0.259. The van der Waals surface area contributed by atoms with Crippen molar-refractivity contribution < 1.29 is 22.7 Å². The number of piperazine rings is 1. The molecule has 8 nitrogen and oxygen atoms in total. The maximum Gasteiger partial charge on any atom is 0.416 e. The van der Waals surface area contributed by atoms with E-state index in [1.807, 2.05) is 11.9 Å². The number of anilines is 1. The van der Waals surface area contributed by atoms with E-state index in [0.717, 1.165) is 19.2 Å². The van der Waals surface area contributed by atoms with Gasteiger partial charge in [0.15, 0.2) is 0 Å². The number of hydrogen-bond donors (Lipinski definition) is 1. The summed E-state index contributed by atoms with van der Waals surface area (Å²) in [5.74, 6) is 0.0967. The maximum absolute atomic E-state index is 14.0. The second-order valence-electron chi connectivity index (χ2n) is 9.25. The molecule has 0 aliphatic carbocycles. The van der Waals surface area contributed by atoms with E-state index in [4.69, 9.17) is 16.3 Å². The molecule has 0 saturated carbocycles. The lowest BCUT2D eigenvalue weighted by Crippen LogP contribution is -2.44. The van der Waals surface area contributed by atoms with Crippen molar-refractivity contribution in [1.29, 1.82) is 0 Å². The van der Waals surface area contributed by atoms with Crippen LogP contribution in [0.25, 0.3) is 10.8 Å². The maximum atomic E-state index is 14.0. The summed E-state index contributed by atoms with van der Waals surface area (Å²) in [6.45, 7) is 3.18. The number of halogens is 4. The molecule has 2 aromatic heterocycles. The smallest absolute Gasteiger partial charge is 0.416 e. The van der Waals surface area contributed by atoms with Gasteiger partial charge in [0.1, 0.15) is 17.2 Å². The third-order valence-electron chi connectivity index (χ3n) is 6.47. The van der Waals surface area contributed by atoms with Gasteiger partial charge in [0.25, 0.3) is 5.91 Å². The van der Waals surface area contributed by atoms with Crippen LogP contribution in [0.4, 0.5) is 18.9 Å². The average molecular weight is 557 g/mol. The van der Waals surface area contributed by atoms with E-state index >= 15 is 0 Å². The second-order valence-corrected chi connectivity index (χ2v) is 9.64. The number of ether oxygens (including phenoxy) is 1. The standard InChI is InChI=1S/C27H24ClF3N6O2/c1-36-6-8-37(9-7-36)15-17-2-3-19(11-23(17)27(29,30)31)35-26(38)22-14-32-13-18-10-20(4-5-21(18)22)39-25-12-24(28)33-16-34-25/h2-5,10-14,16H,6-9,15H2,1H3,(H,35,38). The predicted molar refractivity (Wildman–Crippen MR) is 141 cm³/mol. The minimum atomic E-state index is -4.56. The number of benzene rings is 2. The molecule has 4 aromatic rings. The van der Waals surface area contributed by atoms with Gasteiger partial charge in [-0.25, -0.2) is 9.97 Å². The normalized spacial score (nSPS) is 14.9. The molecule has 0 radical (unpaired) electrons. The van der Waals surface area contributed by atoms with Crippen LogP contribution in [-0.4, -0.2) is 63.9 Å². The number of nitrogens with zero attached hydrogens (tertiary/aromatic N) is 5. The highest BCUT2D eigenvalue weighted by atomic mass is 35.5. The first kappa shape index (κ1) is 26.8. The highest BCUT2D eigenvalue weighted by Crippen LogP contribution is 2.35. The average Bonchev–Trinajstić information content (AvgIpc) is 2.90. The van der Waals surface area contributed by atoms with Gasteiger partial charge >= 0.3 is 6.18 Å². The fourth-order valence-electron chi connectivity index (χ4n) is 4.39. The van der Waals surface area contributed by atoms with Gasteiger partial charge in [0.2, 0.25) is 5.88 Å². The second kappa shape index (κ2) is 11.1. The highest BCUT2D eigenvalue weighted by molar-refractivity contribution is 6.29. The number of likely N-dealkylation sites (N-methyl/N-ethyl adjacent to an activating group) is 1. The van der Waals surface area contributed by atoms with Crippen molar-refractivity contribution in [2.45, 2.75) is 12.7 Å². The number of hydrogen-bond acceptors (Lipinski definition) is 7. The fourth-order valence-corrected chi connectivity index (χ4v) is 4.53. The zero-order valence-electron chi connectivity index (χ0n) is 20.9. The van der Waals surface area contributed by atoms with Crippen LogP contribution in [0.15, 0.2) is 61.2 Å². The Kier molecular flexibility index (Phi) is 7.65. The quantitative estimate of drug-likeness (QED) is 0.314.